The van der Waals surface area contributed by atoms with Crippen molar-refractivity contribution in [2.45, 2.75) is 33.0 Å². The molecule has 0 radical (unpaired) electrons. The van der Waals surface area contributed by atoms with Crippen molar-refractivity contribution in [3.63, 3.8) is 0 Å². The molecular weight excluding hydrogens is 438 g/mol. The van der Waals surface area contributed by atoms with Crippen LogP contribution < -0.4 is 15.8 Å². The van der Waals surface area contributed by atoms with E-state index < -0.39 is 17.8 Å². The highest BCUT2D eigenvalue weighted by Gasteiger charge is 2.21. The second-order valence-electron chi connectivity index (χ2n) is 7.82. The summed E-state index contributed by atoms with van der Waals surface area (Å²) in [6, 6.07) is 18.9. The molecule has 0 spiro atoms. The minimum absolute atomic E-state index is 0.141. The first-order chi connectivity index (χ1) is 15.9. The molecule has 170 valence electrons. The number of rotatable bonds is 7. The Morgan fingerprint density at radius 1 is 1.12 bits per heavy atom. The van der Waals surface area contributed by atoms with E-state index in [2.05, 4.69) is 27.3 Å². The van der Waals surface area contributed by atoms with E-state index in [9.17, 15) is 9.59 Å². The molecule has 1 atom stereocenters. The first-order valence-corrected chi connectivity index (χ1v) is 11.4. The zero-order valence-corrected chi connectivity index (χ0v) is 19.5. The van der Waals surface area contributed by atoms with Crippen LogP contribution in [0.5, 0.6) is 0 Å². The van der Waals surface area contributed by atoms with Crippen LogP contribution >= 0.6 is 11.3 Å². The lowest BCUT2D eigenvalue weighted by atomic mass is 10.2. The quantitative estimate of drug-likeness (QED) is 0.406. The molecule has 7 nitrogen and oxygen atoms in total. The van der Waals surface area contributed by atoms with E-state index in [-0.39, 0.29) is 12.5 Å². The number of thiophene rings is 1. The van der Waals surface area contributed by atoms with E-state index in [0.717, 1.165) is 16.1 Å². The summed E-state index contributed by atoms with van der Waals surface area (Å²) in [5, 5.41) is 4.10. The van der Waals surface area contributed by atoms with Crippen LogP contribution in [0.25, 0.3) is 10.2 Å². The second kappa shape index (κ2) is 9.87. The average molecular weight is 464 g/mol. The number of amides is 1. The minimum Gasteiger partial charge on any atom is -0.445 e. The van der Waals surface area contributed by atoms with Crippen molar-refractivity contribution in [3.05, 3.63) is 93.7 Å². The average Bonchev–Trinajstić information content (AvgIpc) is 3.16. The fraction of sp³-hybridized carbons (Fsp3) is 0.240. The number of aryl methyl sites for hydroxylation is 1. The van der Waals surface area contributed by atoms with E-state index >= 15 is 0 Å². The van der Waals surface area contributed by atoms with Gasteiger partial charge in [-0.2, -0.15) is 0 Å². The number of benzene rings is 2. The van der Waals surface area contributed by atoms with Crippen LogP contribution in [0.3, 0.4) is 0 Å². The third-order valence-electron chi connectivity index (χ3n) is 5.24. The van der Waals surface area contributed by atoms with Gasteiger partial charge in [0, 0.05) is 19.2 Å². The standard InChI is InChI=1S/C25H25N3O4S/c1-16-20-22(33-23(16)28(3)14-18-10-6-4-7-11-18)27-21(32-24(20)29)17(2)26-25(30)31-15-19-12-8-5-9-13-19/h4-13,17H,14-15H2,1-3H3,(H,26,30). The summed E-state index contributed by atoms with van der Waals surface area (Å²) in [4.78, 5) is 32.2. The zero-order chi connectivity index (χ0) is 23.4. The van der Waals surface area contributed by atoms with Gasteiger partial charge in [0.2, 0.25) is 5.89 Å². The van der Waals surface area contributed by atoms with E-state index in [1.807, 2.05) is 62.5 Å². The number of nitrogens with one attached hydrogen (secondary N) is 1. The highest BCUT2D eigenvalue weighted by molar-refractivity contribution is 7.22. The number of carbonyl (C=O) groups is 1. The molecule has 0 fully saturated rings. The predicted molar refractivity (Wildman–Crippen MR) is 130 cm³/mol. The first-order valence-electron chi connectivity index (χ1n) is 10.6. The Hall–Kier alpha value is -3.65. The van der Waals surface area contributed by atoms with Crippen LogP contribution in [0.1, 0.15) is 35.5 Å². The number of carbonyl (C=O) groups excluding carboxylic acids is 1. The van der Waals surface area contributed by atoms with Crippen LogP contribution in [0.15, 0.2) is 69.9 Å². The maximum Gasteiger partial charge on any atom is 0.408 e. The molecule has 1 unspecified atom stereocenters. The van der Waals surface area contributed by atoms with Crippen molar-refractivity contribution in [1.29, 1.82) is 0 Å². The largest absolute Gasteiger partial charge is 0.445 e. The van der Waals surface area contributed by atoms with Crippen LogP contribution in [0, 0.1) is 6.92 Å². The number of ether oxygens (including phenoxy) is 1. The molecule has 4 aromatic rings. The van der Waals surface area contributed by atoms with Crippen molar-refractivity contribution >= 4 is 32.6 Å². The molecule has 1 N–H and O–H groups in total. The minimum atomic E-state index is -0.627. The van der Waals surface area contributed by atoms with E-state index in [0.29, 0.717) is 16.8 Å². The van der Waals surface area contributed by atoms with Gasteiger partial charge in [0.15, 0.2) is 0 Å². The van der Waals surface area contributed by atoms with Crippen LogP contribution in [-0.2, 0) is 17.9 Å². The number of aromatic nitrogens is 1. The molecule has 2 aromatic heterocycles. The summed E-state index contributed by atoms with van der Waals surface area (Å²) in [5.74, 6) is 0.141. The Morgan fingerprint density at radius 2 is 1.76 bits per heavy atom. The van der Waals surface area contributed by atoms with Crippen molar-refractivity contribution in [3.8, 4) is 0 Å². The fourth-order valence-corrected chi connectivity index (χ4v) is 4.69. The molecule has 2 heterocycles. The Labute approximate surface area is 195 Å². The van der Waals surface area contributed by atoms with Gasteiger partial charge in [-0.15, -0.1) is 0 Å². The monoisotopic (exact) mass is 463 g/mol. The van der Waals surface area contributed by atoms with Gasteiger partial charge in [0.1, 0.15) is 22.9 Å². The molecular formula is C25H25N3O4S. The number of nitrogens with zero attached hydrogens (tertiary/aromatic N) is 2. The lowest BCUT2D eigenvalue weighted by molar-refractivity contribution is 0.134. The Kier molecular flexibility index (Phi) is 6.74. The predicted octanol–water partition coefficient (Wildman–Crippen LogP) is 5.18. The molecule has 0 bridgehead atoms. The van der Waals surface area contributed by atoms with Gasteiger partial charge in [-0.25, -0.2) is 14.6 Å². The number of hydrogen-bond donors (Lipinski definition) is 1. The molecule has 1 amide bonds. The maximum absolute atomic E-state index is 12.8. The number of anilines is 1. The van der Waals surface area contributed by atoms with Gasteiger partial charge in [0.05, 0.1) is 5.00 Å². The van der Waals surface area contributed by atoms with Gasteiger partial charge in [-0.05, 0) is 25.0 Å². The molecule has 0 aliphatic heterocycles. The Morgan fingerprint density at radius 3 is 2.42 bits per heavy atom. The van der Waals surface area contributed by atoms with Crippen molar-refractivity contribution < 1.29 is 13.9 Å². The summed E-state index contributed by atoms with van der Waals surface area (Å²) in [7, 11) is 1.99. The molecule has 8 heteroatoms. The lowest BCUT2D eigenvalue weighted by Crippen LogP contribution is -2.28. The Balaban J connectivity index is 1.49. The normalized spacial score (nSPS) is 11.8. The fourth-order valence-electron chi connectivity index (χ4n) is 3.56. The van der Waals surface area contributed by atoms with Gasteiger partial charge >= 0.3 is 11.7 Å². The molecule has 33 heavy (non-hydrogen) atoms. The van der Waals surface area contributed by atoms with Crippen LogP contribution in [0.2, 0.25) is 0 Å². The van der Waals surface area contributed by atoms with Crippen LogP contribution in [-0.4, -0.2) is 18.1 Å². The molecule has 4 rings (SSSR count). The van der Waals surface area contributed by atoms with Crippen molar-refractivity contribution in [1.82, 2.24) is 10.3 Å². The SMILES string of the molecule is Cc1c(N(C)Cc2ccccc2)sc2nc(C(C)NC(=O)OCc3ccccc3)oc(=O)c12. The highest BCUT2D eigenvalue weighted by atomic mass is 32.1. The highest BCUT2D eigenvalue weighted by Crippen LogP contribution is 2.35. The van der Waals surface area contributed by atoms with Gasteiger partial charge < -0.3 is 19.4 Å². The summed E-state index contributed by atoms with van der Waals surface area (Å²) < 4.78 is 10.7. The Bertz CT molecular complexity index is 1300. The summed E-state index contributed by atoms with van der Waals surface area (Å²) in [6.45, 7) is 4.45. The summed E-state index contributed by atoms with van der Waals surface area (Å²) in [5.41, 5.74) is 2.43. The van der Waals surface area contributed by atoms with Gasteiger partial charge in [-0.3, -0.25) is 0 Å². The molecule has 0 aliphatic carbocycles. The number of alkyl carbamates (subject to hydrolysis) is 1. The van der Waals surface area contributed by atoms with E-state index in [1.165, 1.54) is 16.9 Å². The number of hydrogen-bond acceptors (Lipinski definition) is 7. The molecule has 0 saturated heterocycles. The van der Waals surface area contributed by atoms with Crippen molar-refractivity contribution in [2.75, 3.05) is 11.9 Å². The van der Waals surface area contributed by atoms with Gasteiger partial charge in [0.25, 0.3) is 0 Å². The third kappa shape index (κ3) is 5.23. The summed E-state index contributed by atoms with van der Waals surface area (Å²) >= 11 is 1.43. The third-order valence-corrected chi connectivity index (χ3v) is 6.54. The summed E-state index contributed by atoms with van der Waals surface area (Å²) in [6.07, 6.45) is -0.610. The maximum atomic E-state index is 12.8. The number of fused-ring (bicyclic) bond motifs is 1. The van der Waals surface area contributed by atoms with Crippen molar-refractivity contribution in [2.24, 2.45) is 0 Å². The van der Waals surface area contributed by atoms with E-state index in [1.54, 1.807) is 6.92 Å². The topological polar surface area (TPSA) is 84.7 Å². The van der Waals surface area contributed by atoms with Gasteiger partial charge in [-0.1, -0.05) is 72.0 Å². The molecule has 0 saturated carbocycles. The van der Waals surface area contributed by atoms with E-state index in [4.69, 9.17) is 9.15 Å². The first kappa shape index (κ1) is 22.5. The molecule has 2 aromatic carbocycles. The second-order valence-corrected chi connectivity index (χ2v) is 8.80. The lowest BCUT2D eigenvalue weighted by Gasteiger charge is -2.18. The van der Waals surface area contributed by atoms with Crippen LogP contribution in [0.4, 0.5) is 9.80 Å². The molecule has 0 aliphatic rings. The smallest absolute Gasteiger partial charge is 0.408 e. The zero-order valence-electron chi connectivity index (χ0n) is 18.7.